The number of esters is 3. The smallest absolute Gasteiger partial charge is 0.306 e. The highest BCUT2D eigenvalue weighted by Crippen LogP contribution is 2.20. The SMILES string of the molecule is CCCCCC/C=C\C/C=C\CCCCCCCC(=O)OCC(COC(=O)CCCCCCCCCCCCCCCCCCCCCCCCCCCCCCCC)OC(=O)CCCCCCCCCCCCCCCCCCCCC. The second kappa shape index (κ2) is 72.4. The topological polar surface area (TPSA) is 78.9 Å². The first-order valence-corrected chi connectivity index (χ1v) is 37.8. The van der Waals surface area contributed by atoms with Gasteiger partial charge in [0.25, 0.3) is 0 Å². The van der Waals surface area contributed by atoms with Gasteiger partial charge in [-0.2, -0.15) is 0 Å². The Kier molecular flexibility index (Phi) is 70.5. The summed E-state index contributed by atoms with van der Waals surface area (Å²) in [5, 5.41) is 0. The first-order chi connectivity index (χ1) is 41.0. The van der Waals surface area contributed by atoms with Crippen molar-refractivity contribution in [2.45, 2.75) is 438 Å². The van der Waals surface area contributed by atoms with Crippen LogP contribution in [0.4, 0.5) is 0 Å². The van der Waals surface area contributed by atoms with Crippen molar-refractivity contribution >= 4 is 17.9 Å². The van der Waals surface area contributed by atoms with Gasteiger partial charge in [-0.3, -0.25) is 14.4 Å². The van der Waals surface area contributed by atoms with E-state index in [2.05, 4.69) is 45.1 Å². The molecular weight excluding hydrogens is 1020 g/mol. The molecule has 490 valence electrons. The van der Waals surface area contributed by atoms with E-state index in [1.54, 1.807) is 0 Å². The Bertz CT molecular complexity index is 1340. The maximum Gasteiger partial charge on any atom is 0.306 e. The fourth-order valence-electron chi connectivity index (χ4n) is 11.8. The molecule has 0 aliphatic heterocycles. The van der Waals surface area contributed by atoms with E-state index >= 15 is 0 Å². The summed E-state index contributed by atoms with van der Waals surface area (Å²) in [6.07, 6.45) is 89.5. The van der Waals surface area contributed by atoms with Crippen LogP contribution >= 0.6 is 0 Å². The van der Waals surface area contributed by atoms with Gasteiger partial charge in [0, 0.05) is 19.3 Å². The number of rotatable bonds is 71. The van der Waals surface area contributed by atoms with Crippen LogP contribution in [0.5, 0.6) is 0 Å². The van der Waals surface area contributed by atoms with Crippen LogP contribution in [0.3, 0.4) is 0 Å². The Hall–Kier alpha value is -2.11. The van der Waals surface area contributed by atoms with Gasteiger partial charge in [-0.15, -0.1) is 0 Å². The Morgan fingerprint density at radius 1 is 0.241 bits per heavy atom. The molecule has 1 atom stereocenters. The molecule has 0 aromatic rings. The van der Waals surface area contributed by atoms with Crippen molar-refractivity contribution < 1.29 is 28.6 Å². The molecule has 0 rings (SSSR count). The number of carbonyl (C=O) groups is 3. The van der Waals surface area contributed by atoms with Gasteiger partial charge in [0.1, 0.15) is 13.2 Å². The average Bonchev–Trinajstić information content (AvgIpc) is 3.50. The number of allylic oxidation sites excluding steroid dienone is 4. The molecule has 0 aliphatic carbocycles. The van der Waals surface area contributed by atoms with E-state index in [0.29, 0.717) is 19.3 Å². The third kappa shape index (κ3) is 70.5. The Morgan fingerprint density at radius 2 is 0.434 bits per heavy atom. The van der Waals surface area contributed by atoms with Gasteiger partial charge in [-0.05, 0) is 51.4 Å². The van der Waals surface area contributed by atoms with E-state index in [0.717, 1.165) is 77.0 Å². The average molecular weight is 1170 g/mol. The lowest BCUT2D eigenvalue weighted by atomic mass is 10.0. The molecule has 0 spiro atoms. The number of hydrogen-bond donors (Lipinski definition) is 0. The lowest BCUT2D eigenvalue weighted by Crippen LogP contribution is -2.30. The summed E-state index contributed by atoms with van der Waals surface area (Å²) < 4.78 is 17.0. The standard InChI is InChI=1S/C77H146O6/c1-4-7-10-13-16-19-22-25-28-31-33-34-35-36-37-38-39-40-41-42-43-45-46-49-52-55-58-61-64-67-70-76(79)82-73-74(72-81-75(78)69-66-63-60-57-54-51-48-30-27-24-21-18-15-12-9-6-3)83-77(80)71-68-65-62-59-56-53-50-47-44-32-29-26-23-20-17-14-11-8-5-2/h21,24,30,48,74H,4-20,22-23,25-29,31-47,49-73H2,1-3H3/b24-21-,48-30-. The van der Waals surface area contributed by atoms with E-state index in [1.807, 2.05) is 0 Å². The number of hydrogen-bond acceptors (Lipinski definition) is 6. The van der Waals surface area contributed by atoms with Crippen molar-refractivity contribution in [2.24, 2.45) is 0 Å². The summed E-state index contributed by atoms with van der Waals surface area (Å²) in [5.41, 5.74) is 0. The van der Waals surface area contributed by atoms with E-state index in [-0.39, 0.29) is 31.1 Å². The van der Waals surface area contributed by atoms with Gasteiger partial charge in [-0.25, -0.2) is 0 Å². The predicted octanol–water partition coefficient (Wildman–Crippen LogP) is 26.1. The Morgan fingerprint density at radius 3 is 0.675 bits per heavy atom. The minimum absolute atomic E-state index is 0.0690. The zero-order valence-corrected chi connectivity index (χ0v) is 56.5. The zero-order valence-electron chi connectivity index (χ0n) is 56.5. The monoisotopic (exact) mass is 1170 g/mol. The first kappa shape index (κ1) is 80.9. The van der Waals surface area contributed by atoms with Crippen LogP contribution in [0.2, 0.25) is 0 Å². The summed E-state index contributed by atoms with van der Waals surface area (Å²) in [4.78, 5) is 38.5. The molecule has 0 fully saturated rings. The van der Waals surface area contributed by atoms with Crippen LogP contribution in [-0.2, 0) is 28.6 Å². The van der Waals surface area contributed by atoms with Crippen LogP contribution in [0.25, 0.3) is 0 Å². The molecule has 6 heteroatoms. The molecule has 0 N–H and O–H groups in total. The van der Waals surface area contributed by atoms with Crippen LogP contribution in [0, 0.1) is 0 Å². The molecule has 1 unspecified atom stereocenters. The maximum atomic E-state index is 13.0. The second-order valence-electron chi connectivity index (χ2n) is 25.9. The minimum Gasteiger partial charge on any atom is -0.462 e. The second-order valence-corrected chi connectivity index (χ2v) is 25.9. The Labute approximate surface area is 519 Å². The molecule has 0 amide bonds. The summed E-state index contributed by atoms with van der Waals surface area (Å²) >= 11 is 0. The van der Waals surface area contributed by atoms with Crippen molar-refractivity contribution in [1.29, 1.82) is 0 Å². The van der Waals surface area contributed by atoms with E-state index in [1.165, 1.54) is 315 Å². The minimum atomic E-state index is -0.775. The van der Waals surface area contributed by atoms with Crippen molar-refractivity contribution in [3.05, 3.63) is 24.3 Å². The highest BCUT2D eigenvalue weighted by Gasteiger charge is 2.20. The lowest BCUT2D eigenvalue weighted by Gasteiger charge is -2.18. The van der Waals surface area contributed by atoms with Crippen molar-refractivity contribution in [3.8, 4) is 0 Å². The van der Waals surface area contributed by atoms with Gasteiger partial charge >= 0.3 is 17.9 Å². The van der Waals surface area contributed by atoms with Crippen LogP contribution < -0.4 is 0 Å². The molecule has 0 aromatic carbocycles. The number of unbranched alkanes of at least 4 members (excludes halogenated alkanes) is 56. The van der Waals surface area contributed by atoms with Crippen molar-refractivity contribution in [3.63, 3.8) is 0 Å². The third-order valence-electron chi connectivity index (χ3n) is 17.5. The summed E-state index contributed by atoms with van der Waals surface area (Å²) in [5.74, 6) is -0.847. The molecule has 6 nitrogen and oxygen atoms in total. The predicted molar refractivity (Wildman–Crippen MR) is 363 cm³/mol. The molecule has 83 heavy (non-hydrogen) atoms. The first-order valence-electron chi connectivity index (χ1n) is 37.8. The van der Waals surface area contributed by atoms with Crippen LogP contribution in [0.15, 0.2) is 24.3 Å². The van der Waals surface area contributed by atoms with Gasteiger partial charge in [-0.1, -0.05) is 385 Å². The summed E-state index contributed by atoms with van der Waals surface area (Å²) in [7, 11) is 0. The van der Waals surface area contributed by atoms with E-state index in [4.69, 9.17) is 14.2 Å². The van der Waals surface area contributed by atoms with E-state index in [9.17, 15) is 14.4 Å². The molecule has 0 radical (unpaired) electrons. The van der Waals surface area contributed by atoms with Crippen molar-refractivity contribution in [1.82, 2.24) is 0 Å². The van der Waals surface area contributed by atoms with Crippen LogP contribution in [0.1, 0.15) is 432 Å². The third-order valence-corrected chi connectivity index (χ3v) is 17.5. The molecular formula is C77H146O6. The van der Waals surface area contributed by atoms with Crippen LogP contribution in [-0.4, -0.2) is 37.2 Å². The lowest BCUT2D eigenvalue weighted by molar-refractivity contribution is -0.167. The normalized spacial score (nSPS) is 12.1. The zero-order chi connectivity index (χ0) is 59.9. The fourth-order valence-corrected chi connectivity index (χ4v) is 11.8. The number of carbonyl (C=O) groups excluding carboxylic acids is 3. The highest BCUT2D eigenvalue weighted by atomic mass is 16.6. The molecule has 0 aliphatic rings. The largest absolute Gasteiger partial charge is 0.462 e. The van der Waals surface area contributed by atoms with Gasteiger partial charge in [0.15, 0.2) is 6.10 Å². The van der Waals surface area contributed by atoms with Gasteiger partial charge < -0.3 is 14.2 Å². The van der Waals surface area contributed by atoms with E-state index < -0.39 is 6.10 Å². The number of ether oxygens (including phenoxy) is 3. The summed E-state index contributed by atoms with van der Waals surface area (Å²) in [6, 6.07) is 0. The molecule has 0 saturated carbocycles. The quantitative estimate of drug-likeness (QED) is 0.0261. The fraction of sp³-hybridized carbons (Fsp3) is 0.909. The van der Waals surface area contributed by atoms with Gasteiger partial charge in [0.2, 0.25) is 0 Å². The molecule has 0 aromatic heterocycles. The van der Waals surface area contributed by atoms with Gasteiger partial charge in [0.05, 0.1) is 0 Å². The molecule has 0 heterocycles. The Balaban J connectivity index is 4.19. The molecule has 0 saturated heterocycles. The van der Waals surface area contributed by atoms with Crippen molar-refractivity contribution in [2.75, 3.05) is 13.2 Å². The highest BCUT2D eigenvalue weighted by molar-refractivity contribution is 5.71. The summed E-state index contributed by atoms with van der Waals surface area (Å²) in [6.45, 7) is 6.71. The molecule has 0 bridgehead atoms. The maximum absolute atomic E-state index is 13.0.